The van der Waals surface area contributed by atoms with Crippen LogP contribution in [0.25, 0.3) is 0 Å². The molecule has 0 aromatic heterocycles. The standard InChI is InChI=1S/C7H7O.C7H7.C6H4Cl.Bi/c1-8-7-5-3-2-4-6-7;1-7-5-3-2-4-6-7;7-6-4-2-1-3-5-6;/h3-6H,1H3;3-6H,1H3;2-5H;. The summed E-state index contributed by atoms with van der Waals surface area (Å²) < 4.78 is 9.63. The summed E-state index contributed by atoms with van der Waals surface area (Å²) in [6.45, 7) is 2.13. The third-order valence-electron chi connectivity index (χ3n) is 3.71. The van der Waals surface area contributed by atoms with Crippen molar-refractivity contribution >= 4 is 43.2 Å². The van der Waals surface area contributed by atoms with Crippen LogP contribution in [0.15, 0.2) is 72.8 Å². The fraction of sp³-hybridized carbons (Fsp3) is 0.100. The fourth-order valence-electron chi connectivity index (χ4n) is 2.46. The van der Waals surface area contributed by atoms with Crippen LogP contribution in [0.3, 0.4) is 0 Å². The van der Waals surface area contributed by atoms with Gasteiger partial charge in [-0.2, -0.15) is 0 Å². The summed E-state index contributed by atoms with van der Waals surface area (Å²) in [7, 11) is 1.70. The fourth-order valence-corrected chi connectivity index (χ4v) is 11.3. The van der Waals surface area contributed by atoms with Gasteiger partial charge in [0.15, 0.2) is 0 Å². The molecule has 0 heterocycles. The first-order valence-corrected chi connectivity index (χ1v) is 13.0. The first kappa shape index (κ1) is 16.5. The van der Waals surface area contributed by atoms with E-state index in [1.165, 1.54) is 15.4 Å². The van der Waals surface area contributed by atoms with Crippen molar-refractivity contribution in [1.29, 1.82) is 0 Å². The number of benzene rings is 3. The Morgan fingerprint density at radius 2 is 1.13 bits per heavy atom. The van der Waals surface area contributed by atoms with Crippen LogP contribution in [-0.2, 0) is 0 Å². The zero-order valence-electron chi connectivity index (χ0n) is 13.2. The van der Waals surface area contributed by atoms with E-state index in [1.54, 1.807) is 7.11 Å². The van der Waals surface area contributed by atoms with Crippen LogP contribution >= 0.6 is 11.6 Å². The van der Waals surface area contributed by atoms with Gasteiger partial charge in [-0.05, 0) is 0 Å². The zero-order valence-corrected chi connectivity index (χ0v) is 17.4. The molecular formula is C20H18BiClO. The van der Waals surface area contributed by atoms with Gasteiger partial charge in [0, 0.05) is 0 Å². The van der Waals surface area contributed by atoms with Gasteiger partial charge in [-0.1, -0.05) is 0 Å². The second-order valence-electron chi connectivity index (χ2n) is 5.35. The van der Waals surface area contributed by atoms with E-state index < -0.39 is 21.8 Å². The molecular weight excluding hydrogens is 501 g/mol. The first-order valence-electron chi connectivity index (χ1n) is 7.44. The molecule has 0 radical (unpaired) electrons. The number of methoxy groups -OCH3 is 1. The normalized spacial score (nSPS) is 10.8. The number of ether oxygens (including phenoxy) is 1. The summed E-state index contributed by atoms with van der Waals surface area (Å²) >= 11 is 3.80. The Balaban J connectivity index is 2.08. The summed E-state index contributed by atoms with van der Waals surface area (Å²) in [5.41, 5.74) is 1.29. The van der Waals surface area contributed by atoms with Crippen molar-refractivity contribution in [3.8, 4) is 5.75 Å². The van der Waals surface area contributed by atoms with Gasteiger partial charge in [-0.15, -0.1) is 0 Å². The van der Waals surface area contributed by atoms with Gasteiger partial charge >= 0.3 is 151 Å². The Bertz CT molecular complexity index is 719. The first-order chi connectivity index (χ1) is 11.2. The minimum atomic E-state index is -2.28. The molecule has 0 unspecified atom stereocenters. The Hall–Kier alpha value is -1.37. The van der Waals surface area contributed by atoms with Crippen LogP contribution in [0.4, 0.5) is 0 Å². The minimum absolute atomic E-state index is 0.788. The van der Waals surface area contributed by atoms with Crippen molar-refractivity contribution in [3.63, 3.8) is 0 Å². The predicted molar refractivity (Wildman–Crippen MR) is 100 cm³/mol. The third-order valence-corrected chi connectivity index (χ3v) is 13.5. The monoisotopic (exact) mass is 518 g/mol. The molecule has 23 heavy (non-hydrogen) atoms. The third kappa shape index (κ3) is 3.94. The van der Waals surface area contributed by atoms with Crippen LogP contribution in [0, 0.1) is 6.92 Å². The number of halogens is 1. The quantitative estimate of drug-likeness (QED) is 0.482. The zero-order chi connectivity index (χ0) is 16.2. The van der Waals surface area contributed by atoms with Gasteiger partial charge in [-0.3, -0.25) is 0 Å². The molecule has 0 bridgehead atoms. The Labute approximate surface area is 150 Å². The van der Waals surface area contributed by atoms with Crippen molar-refractivity contribution in [2.45, 2.75) is 6.92 Å². The van der Waals surface area contributed by atoms with Crippen molar-refractivity contribution in [3.05, 3.63) is 83.4 Å². The molecule has 0 aliphatic carbocycles. The molecule has 0 saturated carbocycles. The number of rotatable bonds is 4. The summed E-state index contributed by atoms with van der Waals surface area (Å²) in [4.78, 5) is 0. The van der Waals surface area contributed by atoms with Gasteiger partial charge in [0.05, 0.1) is 0 Å². The topological polar surface area (TPSA) is 9.23 Å². The molecule has 0 N–H and O–H groups in total. The van der Waals surface area contributed by atoms with Gasteiger partial charge in [0.2, 0.25) is 0 Å². The number of hydrogen-bond acceptors (Lipinski definition) is 1. The van der Waals surface area contributed by atoms with Crippen LogP contribution in [0.5, 0.6) is 5.75 Å². The second kappa shape index (κ2) is 7.47. The van der Waals surface area contributed by atoms with Gasteiger partial charge in [-0.25, -0.2) is 0 Å². The summed E-state index contributed by atoms with van der Waals surface area (Å²) in [5, 5.41) is 0.788. The van der Waals surface area contributed by atoms with Crippen molar-refractivity contribution in [1.82, 2.24) is 0 Å². The van der Waals surface area contributed by atoms with E-state index in [1.807, 2.05) is 12.1 Å². The van der Waals surface area contributed by atoms with Crippen LogP contribution < -0.4 is 14.6 Å². The van der Waals surface area contributed by atoms with E-state index in [4.69, 9.17) is 16.3 Å². The molecule has 1 nitrogen and oxygen atoms in total. The molecule has 116 valence electrons. The van der Waals surface area contributed by atoms with Crippen molar-refractivity contribution in [2.24, 2.45) is 0 Å². The van der Waals surface area contributed by atoms with Crippen LogP contribution in [0.2, 0.25) is 5.02 Å². The number of hydrogen-bond donors (Lipinski definition) is 0. The summed E-state index contributed by atoms with van der Waals surface area (Å²) in [6.07, 6.45) is 0. The van der Waals surface area contributed by atoms with Crippen LogP contribution in [-0.4, -0.2) is 28.9 Å². The van der Waals surface area contributed by atoms with Crippen molar-refractivity contribution < 1.29 is 4.74 Å². The molecule has 0 spiro atoms. The Morgan fingerprint density at radius 1 is 0.696 bits per heavy atom. The van der Waals surface area contributed by atoms with E-state index in [0.29, 0.717) is 0 Å². The van der Waals surface area contributed by atoms with Gasteiger partial charge < -0.3 is 0 Å². The molecule has 0 aliphatic rings. The summed E-state index contributed by atoms with van der Waals surface area (Å²) in [6, 6.07) is 25.9. The Morgan fingerprint density at radius 3 is 1.61 bits per heavy atom. The average Bonchev–Trinajstić information content (AvgIpc) is 2.59. The van der Waals surface area contributed by atoms with Gasteiger partial charge in [0.25, 0.3) is 0 Å². The molecule has 0 fully saturated rings. The molecule has 3 heteroatoms. The van der Waals surface area contributed by atoms with E-state index in [-0.39, 0.29) is 0 Å². The molecule has 3 aromatic carbocycles. The maximum absolute atomic E-state index is 6.07. The molecule has 3 rings (SSSR count). The molecule has 0 saturated heterocycles. The molecule has 3 aromatic rings. The molecule has 0 atom stereocenters. The predicted octanol–water partition coefficient (Wildman–Crippen LogP) is 3.17. The van der Waals surface area contributed by atoms with E-state index in [0.717, 1.165) is 10.8 Å². The van der Waals surface area contributed by atoms with E-state index in [2.05, 4.69) is 67.6 Å². The van der Waals surface area contributed by atoms with Gasteiger partial charge in [0.1, 0.15) is 0 Å². The van der Waals surface area contributed by atoms with E-state index in [9.17, 15) is 0 Å². The molecule has 0 aliphatic heterocycles. The molecule has 0 amide bonds. The van der Waals surface area contributed by atoms with Crippen LogP contribution in [0.1, 0.15) is 5.56 Å². The SMILES string of the molecule is COc1cc[c]([Bi]([c]2ccc(C)cc2)[c]2ccc(Cl)cc2)cc1. The maximum atomic E-state index is 6.07. The number of aryl methyl sites for hydroxylation is 1. The Kier molecular flexibility index (Phi) is 5.35. The van der Waals surface area contributed by atoms with Crippen molar-refractivity contribution in [2.75, 3.05) is 7.11 Å². The summed E-state index contributed by atoms with van der Waals surface area (Å²) in [5.74, 6) is 0.901. The average molecular weight is 519 g/mol. The van der Waals surface area contributed by atoms with E-state index >= 15 is 0 Å². The second-order valence-corrected chi connectivity index (χ2v) is 14.4.